The Bertz CT molecular complexity index is 348. The van der Waals surface area contributed by atoms with Gasteiger partial charge >= 0.3 is 0 Å². The molecule has 0 bridgehead atoms. The number of hydrogen-bond donors (Lipinski definition) is 1. The van der Waals surface area contributed by atoms with Crippen LogP contribution in [0.5, 0.6) is 0 Å². The van der Waals surface area contributed by atoms with E-state index in [9.17, 15) is 0 Å². The normalized spacial score (nSPS) is 11.9. The number of allylic oxidation sites excluding steroid dienone is 1. The highest BCUT2D eigenvalue weighted by Crippen LogP contribution is 2.22. The SMILES string of the molecule is C=CNC(=C)CCC(C)c1ccc(C)cc1. The van der Waals surface area contributed by atoms with Crippen molar-refractivity contribution in [1.82, 2.24) is 5.32 Å². The predicted molar refractivity (Wildman–Crippen MR) is 71.3 cm³/mol. The van der Waals surface area contributed by atoms with Gasteiger partial charge in [-0.1, -0.05) is 49.9 Å². The van der Waals surface area contributed by atoms with Gasteiger partial charge in [-0.15, -0.1) is 0 Å². The van der Waals surface area contributed by atoms with Crippen LogP contribution in [0.15, 0.2) is 49.3 Å². The molecule has 1 N–H and O–H groups in total. The van der Waals surface area contributed by atoms with Crippen molar-refractivity contribution in [2.24, 2.45) is 0 Å². The fourth-order valence-corrected chi connectivity index (χ4v) is 1.67. The molecule has 0 aliphatic heterocycles. The first-order valence-corrected chi connectivity index (χ1v) is 5.75. The van der Waals surface area contributed by atoms with Crippen molar-refractivity contribution in [3.05, 3.63) is 60.4 Å². The lowest BCUT2D eigenvalue weighted by atomic mass is 9.95. The summed E-state index contributed by atoms with van der Waals surface area (Å²) in [6.07, 6.45) is 3.78. The van der Waals surface area contributed by atoms with Crippen LogP contribution in [0.4, 0.5) is 0 Å². The Kier molecular flexibility index (Phi) is 4.84. The minimum Gasteiger partial charge on any atom is -0.366 e. The van der Waals surface area contributed by atoms with E-state index in [1.807, 2.05) is 0 Å². The maximum absolute atomic E-state index is 3.94. The van der Waals surface area contributed by atoms with E-state index in [4.69, 9.17) is 0 Å². The zero-order chi connectivity index (χ0) is 12.0. The van der Waals surface area contributed by atoms with Crippen LogP contribution in [-0.2, 0) is 0 Å². The summed E-state index contributed by atoms with van der Waals surface area (Å²) in [7, 11) is 0. The summed E-state index contributed by atoms with van der Waals surface area (Å²) in [5, 5.41) is 3.03. The summed E-state index contributed by atoms with van der Waals surface area (Å²) in [5.74, 6) is 0.573. The Morgan fingerprint density at radius 1 is 1.38 bits per heavy atom. The molecule has 1 aromatic carbocycles. The molecule has 0 heterocycles. The highest BCUT2D eigenvalue weighted by molar-refractivity contribution is 5.24. The van der Waals surface area contributed by atoms with Gasteiger partial charge in [0.2, 0.25) is 0 Å². The van der Waals surface area contributed by atoms with Gasteiger partial charge in [-0.3, -0.25) is 0 Å². The first-order chi connectivity index (χ1) is 7.63. The van der Waals surface area contributed by atoms with Crippen molar-refractivity contribution in [3.8, 4) is 0 Å². The predicted octanol–water partition coefficient (Wildman–Crippen LogP) is 4.13. The number of hydrogen-bond acceptors (Lipinski definition) is 1. The van der Waals surface area contributed by atoms with Gasteiger partial charge in [0, 0.05) is 5.70 Å². The van der Waals surface area contributed by atoms with Crippen molar-refractivity contribution >= 4 is 0 Å². The van der Waals surface area contributed by atoms with E-state index < -0.39 is 0 Å². The van der Waals surface area contributed by atoms with Crippen LogP contribution >= 0.6 is 0 Å². The van der Waals surface area contributed by atoms with Gasteiger partial charge in [0.1, 0.15) is 0 Å². The van der Waals surface area contributed by atoms with Crippen LogP contribution in [0.3, 0.4) is 0 Å². The molecule has 16 heavy (non-hydrogen) atoms. The molecule has 0 spiro atoms. The molecule has 1 rings (SSSR count). The molecule has 1 aromatic rings. The molecule has 0 aliphatic rings. The third-order valence-electron chi connectivity index (χ3n) is 2.83. The molecule has 1 nitrogen and oxygen atoms in total. The monoisotopic (exact) mass is 215 g/mol. The van der Waals surface area contributed by atoms with Gasteiger partial charge in [0.05, 0.1) is 0 Å². The average Bonchev–Trinajstić information content (AvgIpc) is 2.27. The summed E-state index contributed by atoms with van der Waals surface area (Å²) in [4.78, 5) is 0. The highest BCUT2D eigenvalue weighted by atomic mass is 14.8. The van der Waals surface area contributed by atoms with E-state index in [0.29, 0.717) is 5.92 Å². The first-order valence-electron chi connectivity index (χ1n) is 5.75. The zero-order valence-electron chi connectivity index (χ0n) is 10.3. The third-order valence-corrected chi connectivity index (χ3v) is 2.83. The standard InChI is InChI=1S/C15H21N/c1-5-16-14(4)9-8-13(3)15-10-6-12(2)7-11-15/h5-7,10-11,13,16H,1,4,8-9H2,2-3H3. The van der Waals surface area contributed by atoms with Gasteiger partial charge in [-0.25, -0.2) is 0 Å². The number of nitrogens with one attached hydrogen (secondary N) is 1. The molecule has 1 unspecified atom stereocenters. The lowest BCUT2D eigenvalue weighted by Gasteiger charge is -2.13. The molecular weight excluding hydrogens is 194 g/mol. The van der Waals surface area contributed by atoms with Gasteiger partial charge in [-0.05, 0) is 37.4 Å². The Balaban J connectivity index is 2.46. The van der Waals surface area contributed by atoms with Crippen LogP contribution in [-0.4, -0.2) is 0 Å². The quantitative estimate of drug-likeness (QED) is 0.752. The molecule has 0 aromatic heterocycles. The Hall–Kier alpha value is -1.50. The molecular formula is C15H21N. The second kappa shape index (κ2) is 6.16. The Labute approximate surface area is 98.9 Å². The molecule has 0 amide bonds. The average molecular weight is 215 g/mol. The van der Waals surface area contributed by atoms with Crippen molar-refractivity contribution in [1.29, 1.82) is 0 Å². The van der Waals surface area contributed by atoms with Crippen molar-refractivity contribution < 1.29 is 0 Å². The van der Waals surface area contributed by atoms with Crippen LogP contribution in [0.2, 0.25) is 0 Å². The lowest BCUT2D eigenvalue weighted by molar-refractivity contribution is 0.662. The fourth-order valence-electron chi connectivity index (χ4n) is 1.67. The minimum atomic E-state index is 0.573. The van der Waals surface area contributed by atoms with Crippen LogP contribution < -0.4 is 5.32 Å². The maximum atomic E-state index is 3.94. The van der Waals surface area contributed by atoms with Gasteiger partial charge in [0.15, 0.2) is 0 Å². The van der Waals surface area contributed by atoms with Crippen LogP contribution in [0.1, 0.15) is 36.8 Å². The smallest absolute Gasteiger partial charge is 0.00733 e. The Morgan fingerprint density at radius 3 is 2.56 bits per heavy atom. The molecule has 1 heteroatoms. The van der Waals surface area contributed by atoms with Gasteiger partial charge in [-0.2, -0.15) is 0 Å². The van der Waals surface area contributed by atoms with E-state index in [1.165, 1.54) is 11.1 Å². The second-order valence-electron chi connectivity index (χ2n) is 4.30. The topological polar surface area (TPSA) is 12.0 Å². The van der Waals surface area contributed by atoms with E-state index in [1.54, 1.807) is 6.20 Å². The van der Waals surface area contributed by atoms with E-state index in [2.05, 4.69) is 56.6 Å². The van der Waals surface area contributed by atoms with Gasteiger partial charge in [0.25, 0.3) is 0 Å². The summed E-state index contributed by atoms with van der Waals surface area (Å²) >= 11 is 0. The second-order valence-corrected chi connectivity index (χ2v) is 4.30. The third kappa shape index (κ3) is 3.93. The molecule has 0 aliphatic carbocycles. The molecule has 0 saturated heterocycles. The van der Waals surface area contributed by atoms with Gasteiger partial charge < -0.3 is 5.32 Å². The van der Waals surface area contributed by atoms with E-state index in [-0.39, 0.29) is 0 Å². The zero-order valence-corrected chi connectivity index (χ0v) is 10.3. The van der Waals surface area contributed by atoms with Crippen LogP contribution in [0, 0.1) is 6.92 Å². The molecule has 0 radical (unpaired) electrons. The molecule has 0 saturated carbocycles. The minimum absolute atomic E-state index is 0.573. The van der Waals surface area contributed by atoms with Crippen molar-refractivity contribution in [3.63, 3.8) is 0 Å². The summed E-state index contributed by atoms with van der Waals surface area (Å²) in [5.41, 5.74) is 3.75. The van der Waals surface area contributed by atoms with Crippen molar-refractivity contribution in [2.75, 3.05) is 0 Å². The fraction of sp³-hybridized carbons (Fsp3) is 0.333. The lowest BCUT2D eigenvalue weighted by Crippen LogP contribution is -2.04. The summed E-state index contributed by atoms with van der Waals surface area (Å²) in [6.45, 7) is 11.9. The number of aryl methyl sites for hydroxylation is 1. The Morgan fingerprint density at radius 2 is 2.00 bits per heavy atom. The summed E-state index contributed by atoms with van der Waals surface area (Å²) < 4.78 is 0. The molecule has 86 valence electrons. The highest BCUT2D eigenvalue weighted by Gasteiger charge is 2.05. The maximum Gasteiger partial charge on any atom is 0.00733 e. The summed E-state index contributed by atoms with van der Waals surface area (Å²) in [6, 6.07) is 8.76. The van der Waals surface area contributed by atoms with Crippen molar-refractivity contribution in [2.45, 2.75) is 32.6 Å². The molecule has 1 atom stereocenters. The molecule has 0 fully saturated rings. The largest absolute Gasteiger partial charge is 0.366 e. The number of benzene rings is 1. The van der Waals surface area contributed by atoms with E-state index in [0.717, 1.165) is 18.5 Å². The van der Waals surface area contributed by atoms with E-state index >= 15 is 0 Å². The number of rotatable bonds is 6. The van der Waals surface area contributed by atoms with Crippen LogP contribution in [0.25, 0.3) is 0 Å². The first kappa shape index (κ1) is 12.6.